The van der Waals surface area contributed by atoms with Gasteiger partial charge in [-0.3, -0.25) is 10.1 Å². The Morgan fingerprint density at radius 3 is 2.22 bits per heavy atom. The van der Waals surface area contributed by atoms with Crippen molar-refractivity contribution in [1.29, 1.82) is 0 Å². The Morgan fingerprint density at radius 1 is 0.926 bits per heavy atom. The van der Waals surface area contributed by atoms with E-state index in [1.54, 1.807) is 0 Å². The van der Waals surface area contributed by atoms with E-state index in [9.17, 15) is 4.79 Å². The van der Waals surface area contributed by atoms with Gasteiger partial charge >= 0.3 is 0 Å². The first-order valence-electron chi connectivity index (χ1n) is 8.72. The van der Waals surface area contributed by atoms with Crippen LogP contribution in [0.1, 0.15) is 11.4 Å². The van der Waals surface area contributed by atoms with Gasteiger partial charge in [0.1, 0.15) is 6.54 Å². The molecule has 0 saturated carbocycles. The van der Waals surface area contributed by atoms with E-state index in [0.29, 0.717) is 11.9 Å². The molecule has 1 aliphatic heterocycles. The number of aromatic nitrogens is 2. The van der Waals surface area contributed by atoms with Crippen LogP contribution < -0.4 is 10.2 Å². The summed E-state index contributed by atoms with van der Waals surface area (Å²) in [4.78, 5) is 26.9. The Morgan fingerprint density at radius 2 is 1.56 bits per heavy atom. The first-order valence-corrected chi connectivity index (χ1v) is 8.72. The number of rotatable bonds is 3. The number of benzene rings is 2. The molecule has 134 valence electrons. The molecular weight excluding hydrogens is 338 g/mol. The molecule has 1 saturated heterocycles. The zero-order valence-corrected chi connectivity index (χ0v) is 15.2. The summed E-state index contributed by atoms with van der Waals surface area (Å²) in [6.45, 7) is 4.01. The number of hydrogen-bond acceptors (Lipinski definition) is 4. The van der Waals surface area contributed by atoms with Crippen LogP contribution in [0.5, 0.6) is 0 Å². The molecule has 0 radical (unpaired) electrons. The Kier molecular flexibility index (Phi) is 4.38. The van der Waals surface area contributed by atoms with E-state index in [0.717, 1.165) is 28.2 Å². The Hall–Kier alpha value is -3.54. The van der Waals surface area contributed by atoms with Crippen molar-refractivity contribution < 1.29 is 4.79 Å². The standard InChI is InChI=1S/C21H19N5O/c1-14-12-15(2)23-20(22-14)25-21-24-19(27)13-26(21)18-10-8-17(9-11-18)16-6-4-3-5-7-16/h3-12H,13H2,1-2H3,(H,22,23,24,25,27). The Bertz CT molecular complexity index is 992. The second-order valence-electron chi connectivity index (χ2n) is 6.43. The van der Waals surface area contributed by atoms with Gasteiger partial charge in [0.05, 0.1) is 0 Å². The first-order chi connectivity index (χ1) is 13.1. The van der Waals surface area contributed by atoms with Crippen LogP contribution in [-0.2, 0) is 4.79 Å². The highest BCUT2D eigenvalue weighted by Gasteiger charge is 2.26. The summed E-state index contributed by atoms with van der Waals surface area (Å²) < 4.78 is 0. The summed E-state index contributed by atoms with van der Waals surface area (Å²) in [6, 6.07) is 20.1. The zero-order valence-electron chi connectivity index (χ0n) is 15.2. The quantitative estimate of drug-likeness (QED) is 0.780. The highest BCUT2D eigenvalue weighted by Crippen LogP contribution is 2.24. The highest BCUT2D eigenvalue weighted by molar-refractivity contribution is 6.15. The number of hydrogen-bond donors (Lipinski definition) is 1. The summed E-state index contributed by atoms with van der Waals surface area (Å²) >= 11 is 0. The van der Waals surface area contributed by atoms with Gasteiger partial charge in [0.2, 0.25) is 11.9 Å². The number of nitrogens with one attached hydrogen (secondary N) is 1. The van der Waals surface area contributed by atoms with Gasteiger partial charge in [-0.15, -0.1) is 0 Å². The van der Waals surface area contributed by atoms with Gasteiger partial charge < -0.3 is 4.90 Å². The average Bonchev–Trinajstić information content (AvgIpc) is 3.02. The van der Waals surface area contributed by atoms with E-state index in [1.165, 1.54) is 0 Å². The van der Waals surface area contributed by atoms with E-state index in [2.05, 4.69) is 32.4 Å². The van der Waals surface area contributed by atoms with Crippen molar-refractivity contribution in [2.45, 2.75) is 13.8 Å². The van der Waals surface area contributed by atoms with Crippen LogP contribution in [0.25, 0.3) is 11.1 Å². The highest BCUT2D eigenvalue weighted by atomic mass is 16.2. The minimum Gasteiger partial charge on any atom is -0.303 e. The molecule has 27 heavy (non-hydrogen) atoms. The average molecular weight is 357 g/mol. The molecule has 1 aliphatic rings. The van der Waals surface area contributed by atoms with Crippen LogP contribution in [0.2, 0.25) is 0 Å². The van der Waals surface area contributed by atoms with Crippen LogP contribution in [0.3, 0.4) is 0 Å². The van der Waals surface area contributed by atoms with E-state index in [1.807, 2.05) is 67.3 Å². The Balaban J connectivity index is 1.65. The predicted octanol–water partition coefficient (Wildman–Crippen LogP) is 3.38. The van der Waals surface area contributed by atoms with E-state index in [-0.39, 0.29) is 12.5 Å². The third kappa shape index (κ3) is 3.69. The topological polar surface area (TPSA) is 70.5 Å². The molecule has 2 aromatic carbocycles. The zero-order chi connectivity index (χ0) is 18.8. The second kappa shape index (κ2) is 6.99. The van der Waals surface area contributed by atoms with Crippen LogP contribution >= 0.6 is 0 Å². The van der Waals surface area contributed by atoms with Crippen LogP contribution in [0.15, 0.2) is 65.7 Å². The summed E-state index contributed by atoms with van der Waals surface area (Å²) in [5, 5.41) is 2.79. The van der Waals surface area contributed by atoms with E-state index < -0.39 is 0 Å². The molecule has 2 heterocycles. The van der Waals surface area contributed by atoms with Gasteiger partial charge in [-0.2, -0.15) is 4.99 Å². The fourth-order valence-electron chi connectivity index (χ4n) is 3.07. The van der Waals surface area contributed by atoms with Crippen molar-refractivity contribution in [2.24, 2.45) is 4.99 Å². The minimum absolute atomic E-state index is 0.106. The molecule has 1 amide bonds. The van der Waals surface area contributed by atoms with Gasteiger partial charge in [-0.05, 0) is 43.2 Å². The van der Waals surface area contributed by atoms with Gasteiger partial charge in [0.15, 0.2) is 0 Å². The molecule has 3 aromatic rings. The summed E-state index contributed by atoms with van der Waals surface area (Å²) in [5.41, 5.74) is 4.83. The fourth-order valence-corrected chi connectivity index (χ4v) is 3.07. The number of aryl methyl sites for hydroxylation is 2. The first kappa shape index (κ1) is 16.9. The number of aliphatic imine (C=N–C) groups is 1. The minimum atomic E-state index is -0.106. The van der Waals surface area contributed by atoms with Gasteiger partial charge in [-0.1, -0.05) is 42.5 Å². The normalized spacial score (nSPS) is 15.3. The van der Waals surface area contributed by atoms with Crippen molar-refractivity contribution in [3.63, 3.8) is 0 Å². The molecule has 0 spiro atoms. The van der Waals surface area contributed by atoms with Gasteiger partial charge in [-0.25, -0.2) is 9.97 Å². The molecule has 6 heteroatoms. The molecule has 0 bridgehead atoms. The lowest BCUT2D eigenvalue weighted by Crippen LogP contribution is -2.30. The van der Waals surface area contributed by atoms with E-state index >= 15 is 0 Å². The number of nitrogens with zero attached hydrogens (tertiary/aromatic N) is 4. The number of amides is 1. The maximum absolute atomic E-state index is 12.0. The fraction of sp³-hybridized carbons (Fsp3) is 0.143. The number of anilines is 1. The monoisotopic (exact) mass is 357 g/mol. The number of guanidine groups is 1. The summed E-state index contributed by atoms with van der Waals surface area (Å²) in [5.74, 6) is 0.679. The lowest BCUT2D eigenvalue weighted by atomic mass is 10.1. The maximum Gasteiger partial charge on any atom is 0.253 e. The third-order valence-electron chi connectivity index (χ3n) is 4.27. The van der Waals surface area contributed by atoms with Crippen molar-refractivity contribution in [3.8, 4) is 11.1 Å². The van der Waals surface area contributed by atoms with E-state index in [4.69, 9.17) is 0 Å². The predicted molar refractivity (Wildman–Crippen MR) is 106 cm³/mol. The SMILES string of the molecule is Cc1cc(C)nc(/N=C2\NC(=O)CN2c2ccc(-c3ccccc3)cc2)n1. The Labute approximate surface area is 157 Å². The third-order valence-corrected chi connectivity index (χ3v) is 4.27. The number of carbonyl (C=O) groups is 1. The van der Waals surface area contributed by atoms with Crippen LogP contribution in [0, 0.1) is 13.8 Å². The van der Waals surface area contributed by atoms with Crippen molar-refractivity contribution in [3.05, 3.63) is 72.1 Å². The van der Waals surface area contributed by atoms with Gasteiger partial charge in [0, 0.05) is 17.1 Å². The van der Waals surface area contributed by atoms with Crippen molar-refractivity contribution in [1.82, 2.24) is 15.3 Å². The summed E-state index contributed by atoms with van der Waals surface area (Å²) in [6.07, 6.45) is 0. The molecule has 6 nitrogen and oxygen atoms in total. The molecule has 0 atom stereocenters. The van der Waals surface area contributed by atoms with Crippen LogP contribution in [0.4, 0.5) is 11.6 Å². The molecule has 0 unspecified atom stereocenters. The molecule has 1 fully saturated rings. The van der Waals surface area contributed by atoms with Crippen molar-refractivity contribution in [2.75, 3.05) is 11.4 Å². The lowest BCUT2D eigenvalue weighted by molar-refractivity contribution is -0.117. The van der Waals surface area contributed by atoms with Crippen LogP contribution in [-0.4, -0.2) is 28.4 Å². The molecular formula is C21H19N5O. The van der Waals surface area contributed by atoms with Gasteiger partial charge in [0.25, 0.3) is 5.95 Å². The molecule has 0 aliphatic carbocycles. The van der Waals surface area contributed by atoms with Crippen molar-refractivity contribution >= 4 is 23.5 Å². The second-order valence-corrected chi connectivity index (χ2v) is 6.43. The number of carbonyl (C=O) groups excluding carboxylic acids is 1. The molecule has 1 aromatic heterocycles. The smallest absolute Gasteiger partial charge is 0.253 e. The maximum atomic E-state index is 12.0. The molecule has 1 N–H and O–H groups in total. The summed E-state index contributed by atoms with van der Waals surface area (Å²) in [7, 11) is 0. The lowest BCUT2D eigenvalue weighted by Gasteiger charge is -2.17. The molecule has 4 rings (SSSR count). The largest absolute Gasteiger partial charge is 0.303 e.